The van der Waals surface area contributed by atoms with Crippen molar-refractivity contribution in [2.75, 3.05) is 25.6 Å². The molecule has 10 nitrogen and oxygen atoms in total. The van der Waals surface area contributed by atoms with E-state index in [4.69, 9.17) is 14.8 Å². The van der Waals surface area contributed by atoms with Crippen LogP contribution in [0.4, 0.5) is 5.82 Å². The molecule has 2 heterocycles. The van der Waals surface area contributed by atoms with Crippen LogP contribution in [0.2, 0.25) is 0 Å². The number of nitrogens with zero attached hydrogens (tertiary/aromatic N) is 4. The fourth-order valence-electron chi connectivity index (χ4n) is 3.11. The molecule has 1 saturated carbocycles. The average molecular weight is 371 g/mol. The number of nitrogen functional groups attached to an aromatic ring is 1. The Balaban J connectivity index is 1.66. The number of rotatable bonds is 8. The molecule has 0 aliphatic heterocycles. The van der Waals surface area contributed by atoms with Crippen molar-refractivity contribution in [2.24, 2.45) is 11.8 Å². The van der Waals surface area contributed by atoms with Crippen LogP contribution in [0.3, 0.4) is 0 Å². The molecule has 1 fully saturated rings. The zero-order chi connectivity index (χ0) is 18.0. The van der Waals surface area contributed by atoms with Crippen molar-refractivity contribution in [3.63, 3.8) is 0 Å². The van der Waals surface area contributed by atoms with Gasteiger partial charge in [-0.3, -0.25) is 9.05 Å². The van der Waals surface area contributed by atoms with Gasteiger partial charge in [0.2, 0.25) is 0 Å². The molecular formula is C14H22N5O5P. The highest BCUT2D eigenvalue weighted by Crippen LogP contribution is 2.49. The molecule has 0 saturated heterocycles. The van der Waals surface area contributed by atoms with Gasteiger partial charge in [-0.2, -0.15) is 0 Å². The lowest BCUT2D eigenvalue weighted by atomic mass is 9.70. The molecule has 138 valence electrons. The van der Waals surface area contributed by atoms with Crippen molar-refractivity contribution in [1.29, 1.82) is 0 Å². The van der Waals surface area contributed by atoms with E-state index in [0.29, 0.717) is 29.8 Å². The highest BCUT2D eigenvalue weighted by Gasteiger charge is 2.43. The summed E-state index contributed by atoms with van der Waals surface area (Å²) in [6.07, 6.45) is 4.28. The smallest absolute Gasteiger partial charge is 0.396 e. The van der Waals surface area contributed by atoms with Gasteiger partial charge in [0.15, 0.2) is 11.5 Å². The van der Waals surface area contributed by atoms with Gasteiger partial charge in [0, 0.05) is 18.6 Å². The molecule has 0 spiro atoms. The van der Waals surface area contributed by atoms with E-state index in [1.54, 1.807) is 6.33 Å². The normalized spacial score (nSPS) is 25.6. The third-order valence-corrected chi connectivity index (χ3v) is 5.49. The van der Waals surface area contributed by atoms with Crippen LogP contribution >= 0.6 is 7.82 Å². The van der Waals surface area contributed by atoms with Crippen LogP contribution in [0.5, 0.6) is 0 Å². The second-order valence-corrected chi connectivity index (χ2v) is 7.54. The minimum atomic E-state index is -4.04. The molecule has 25 heavy (non-hydrogen) atoms. The molecule has 2 aromatic rings. The van der Waals surface area contributed by atoms with Crippen LogP contribution in [0, 0.1) is 11.8 Å². The van der Waals surface area contributed by atoms with Gasteiger partial charge < -0.3 is 20.3 Å². The van der Waals surface area contributed by atoms with Crippen LogP contribution < -0.4 is 5.73 Å². The summed E-state index contributed by atoms with van der Waals surface area (Å²) in [5.74, 6) is 0.106. The Morgan fingerprint density at radius 3 is 2.92 bits per heavy atom. The van der Waals surface area contributed by atoms with Gasteiger partial charge in [-0.25, -0.2) is 19.5 Å². The van der Waals surface area contributed by atoms with E-state index < -0.39 is 7.82 Å². The molecule has 0 amide bonds. The predicted molar refractivity (Wildman–Crippen MR) is 89.5 cm³/mol. The first-order valence-corrected chi connectivity index (χ1v) is 9.62. The minimum absolute atomic E-state index is 0.0347. The topological polar surface area (TPSA) is 146 Å². The van der Waals surface area contributed by atoms with Crippen molar-refractivity contribution >= 4 is 24.8 Å². The quantitative estimate of drug-likeness (QED) is 0.581. The summed E-state index contributed by atoms with van der Waals surface area (Å²) in [5.41, 5.74) is 6.92. The van der Waals surface area contributed by atoms with Gasteiger partial charge in [-0.05, 0) is 18.8 Å². The molecule has 4 N–H and O–H groups in total. The van der Waals surface area contributed by atoms with Gasteiger partial charge >= 0.3 is 7.82 Å². The monoisotopic (exact) mass is 371 g/mol. The van der Waals surface area contributed by atoms with Gasteiger partial charge in [0.05, 0.1) is 19.5 Å². The summed E-state index contributed by atoms with van der Waals surface area (Å²) >= 11 is 0. The number of imidazole rings is 1. The zero-order valence-electron chi connectivity index (χ0n) is 13.9. The number of hydrogen-bond donors (Lipinski definition) is 3. The molecule has 11 heteroatoms. The van der Waals surface area contributed by atoms with Crippen molar-refractivity contribution in [1.82, 2.24) is 19.5 Å². The number of anilines is 1. The van der Waals surface area contributed by atoms with E-state index in [9.17, 15) is 14.6 Å². The summed E-state index contributed by atoms with van der Waals surface area (Å²) in [5, 5.41) is 9.71. The van der Waals surface area contributed by atoms with E-state index in [-0.39, 0.29) is 37.7 Å². The Kier molecular flexibility index (Phi) is 5.35. The number of hydrogen-bond acceptors (Lipinski definition) is 8. The zero-order valence-corrected chi connectivity index (χ0v) is 14.7. The third kappa shape index (κ3) is 3.68. The molecule has 1 aliphatic carbocycles. The van der Waals surface area contributed by atoms with E-state index in [1.807, 2.05) is 11.5 Å². The van der Waals surface area contributed by atoms with Crippen LogP contribution in [0.15, 0.2) is 12.7 Å². The minimum Gasteiger partial charge on any atom is -0.396 e. The fourth-order valence-corrected chi connectivity index (χ4v) is 3.97. The summed E-state index contributed by atoms with van der Waals surface area (Å²) in [6.45, 7) is 1.96. The number of fused-ring (bicyclic) bond motifs is 1. The summed E-state index contributed by atoms with van der Waals surface area (Å²) < 4.78 is 23.5. The molecule has 1 aliphatic rings. The van der Waals surface area contributed by atoms with Crippen molar-refractivity contribution in [3.05, 3.63) is 12.7 Å². The maximum Gasteiger partial charge on any atom is 0.472 e. The summed E-state index contributed by atoms with van der Waals surface area (Å²) in [4.78, 5) is 21.9. The maximum absolute atomic E-state index is 11.7. The Bertz CT molecular complexity index is 784. The lowest BCUT2D eigenvalue weighted by Crippen LogP contribution is -2.42. The van der Waals surface area contributed by atoms with Crippen LogP contribution in [-0.4, -0.2) is 49.3 Å². The number of phosphoric acid groups is 1. The largest absolute Gasteiger partial charge is 0.472 e. The summed E-state index contributed by atoms with van der Waals surface area (Å²) in [7, 11) is -4.04. The van der Waals surface area contributed by atoms with Crippen molar-refractivity contribution < 1.29 is 23.6 Å². The molecule has 1 unspecified atom stereocenters. The molecule has 0 bridgehead atoms. The number of aromatic nitrogens is 4. The second-order valence-electron chi connectivity index (χ2n) is 6.09. The molecule has 0 aromatic carbocycles. The highest BCUT2D eigenvalue weighted by molar-refractivity contribution is 7.47. The SMILES string of the molecule is CCCOP(=O)(O)OC[C@H]1C[C@@H](n2cnc3c(N)ncnc32)[C@@H]1CO. The van der Waals surface area contributed by atoms with Crippen LogP contribution in [0.1, 0.15) is 25.8 Å². The number of aliphatic hydroxyl groups excluding tert-OH is 1. The first-order valence-electron chi connectivity index (χ1n) is 8.12. The molecular weight excluding hydrogens is 349 g/mol. The van der Waals surface area contributed by atoms with E-state index in [0.717, 1.165) is 0 Å². The first kappa shape index (κ1) is 18.2. The van der Waals surface area contributed by atoms with Crippen molar-refractivity contribution in [3.8, 4) is 0 Å². The molecule has 2 aromatic heterocycles. The lowest BCUT2D eigenvalue weighted by Gasteiger charge is -2.44. The van der Waals surface area contributed by atoms with Gasteiger partial charge in [-0.15, -0.1) is 0 Å². The average Bonchev–Trinajstić information content (AvgIpc) is 2.97. The lowest BCUT2D eigenvalue weighted by molar-refractivity contribution is -0.00801. The first-order chi connectivity index (χ1) is 12.0. The standard InChI is InChI=1S/C14H22N5O5P/c1-2-3-23-25(21,22)24-6-9-4-11(10(9)5-20)19-8-18-12-13(15)16-7-17-14(12)19/h7-11,20H,2-6H2,1H3,(H,21,22)(H2,15,16,17)/t9-,10-,11-/m1/s1. The molecule has 4 atom stereocenters. The number of phosphoric ester groups is 1. The maximum atomic E-state index is 11.7. The Morgan fingerprint density at radius 2 is 2.20 bits per heavy atom. The van der Waals surface area contributed by atoms with Crippen LogP contribution in [-0.2, 0) is 13.6 Å². The van der Waals surface area contributed by atoms with E-state index in [1.165, 1.54) is 6.33 Å². The molecule has 3 rings (SSSR count). The van der Waals surface area contributed by atoms with Crippen LogP contribution in [0.25, 0.3) is 11.2 Å². The third-order valence-electron chi connectivity index (χ3n) is 4.51. The van der Waals surface area contributed by atoms with E-state index >= 15 is 0 Å². The fraction of sp³-hybridized carbons (Fsp3) is 0.643. The highest BCUT2D eigenvalue weighted by atomic mass is 31.2. The Labute approximate surface area is 144 Å². The van der Waals surface area contributed by atoms with Gasteiger partial charge in [0.1, 0.15) is 11.8 Å². The van der Waals surface area contributed by atoms with E-state index in [2.05, 4.69) is 15.0 Å². The number of aliphatic hydroxyl groups is 1. The number of nitrogens with two attached hydrogens (primary N) is 1. The Morgan fingerprint density at radius 1 is 1.40 bits per heavy atom. The summed E-state index contributed by atoms with van der Waals surface area (Å²) in [6, 6.07) is -0.0347. The van der Waals surface area contributed by atoms with Gasteiger partial charge in [-0.1, -0.05) is 6.92 Å². The van der Waals surface area contributed by atoms with Crippen molar-refractivity contribution in [2.45, 2.75) is 25.8 Å². The van der Waals surface area contributed by atoms with Gasteiger partial charge in [0.25, 0.3) is 0 Å². The Hall–Kier alpha value is -1.58. The molecule has 0 radical (unpaired) electrons. The predicted octanol–water partition coefficient (Wildman–Crippen LogP) is 1.12. The second kappa shape index (κ2) is 7.35.